The van der Waals surface area contributed by atoms with E-state index in [-0.39, 0.29) is 28.8 Å². The van der Waals surface area contributed by atoms with E-state index in [1.54, 1.807) is 18.2 Å². The van der Waals surface area contributed by atoms with Crippen LogP contribution in [0.15, 0.2) is 42.5 Å². The van der Waals surface area contributed by atoms with Crippen LogP contribution in [0.2, 0.25) is 0 Å². The van der Waals surface area contributed by atoms with Crippen LogP contribution in [0.3, 0.4) is 0 Å². The number of ether oxygens (including phenoxy) is 3. The Balaban J connectivity index is 1.54. The molecule has 8 heteroatoms. The van der Waals surface area contributed by atoms with Gasteiger partial charge in [-0.1, -0.05) is 31.6 Å². The van der Waals surface area contributed by atoms with Gasteiger partial charge in [-0.05, 0) is 56.2 Å². The van der Waals surface area contributed by atoms with Crippen molar-refractivity contribution in [1.29, 1.82) is 0 Å². The van der Waals surface area contributed by atoms with E-state index in [9.17, 15) is 14.7 Å². The topological polar surface area (TPSA) is 94.1 Å². The molecule has 3 rings (SSSR count). The number of quaternary nitrogens is 1. The zero-order valence-corrected chi connectivity index (χ0v) is 24.6. The molecule has 2 N–H and O–H groups in total. The highest BCUT2D eigenvalue weighted by atomic mass is 16.5. The number of phenols is 1. The molecule has 8 nitrogen and oxygen atoms in total. The minimum absolute atomic E-state index is 0.0803. The van der Waals surface area contributed by atoms with Gasteiger partial charge in [0.15, 0.2) is 12.3 Å². The summed E-state index contributed by atoms with van der Waals surface area (Å²) in [5, 5.41) is 13.8. The fraction of sp³-hybridized carbons (Fsp3) is 0.438. The Hall–Kier alpha value is -3.78. The second-order valence-electron chi connectivity index (χ2n) is 11.2. The molecule has 0 radical (unpaired) electrons. The number of hydrogen-bond acceptors (Lipinski definition) is 6. The number of benzene rings is 2. The van der Waals surface area contributed by atoms with Crippen molar-refractivity contribution in [2.45, 2.75) is 45.6 Å². The molecule has 0 saturated heterocycles. The number of rotatable bonds is 14. The molecule has 2 aromatic rings. The summed E-state index contributed by atoms with van der Waals surface area (Å²) in [4.78, 5) is 25.2. The van der Waals surface area contributed by atoms with Gasteiger partial charge in [0.1, 0.15) is 34.2 Å². The number of carbonyl (C=O) groups is 2. The number of nitrogens with zero attached hydrogens (tertiary/aromatic N) is 1. The molecular weight excluding hydrogens is 508 g/mol. The predicted octanol–water partition coefficient (Wildman–Crippen LogP) is 5.24. The number of methoxy groups -OCH3 is 1. The number of fused-ring (bicyclic) bond motifs is 1. The molecule has 0 atom stereocenters. The zero-order valence-electron chi connectivity index (χ0n) is 24.6. The maximum atomic E-state index is 13.0. The summed E-state index contributed by atoms with van der Waals surface area (Å²) in [6, 6.07) is 9.07. The second-order valence-corrected chi connectivity index (χ2v) is 11.2. The highest BCUT2D eigenvalue weighted by molar-refractivity contribution is 6.11. The lowest BCUT2D eigenvalue weighted by Crippen LogP contribution is -2.48. The molecule has 2 aromatic carbocycles. The quantitative estimate of drug-likeness (QED) is 0.144. The number of ketones is 1. The van der Waals surface area contributed by atoms with E-state index in [2.05, 4.69) is 12.2 Å². The molecule has 40 heavy (non-hydrogen) atoms. The van der Waals surface area contributed by atoms with E-state index in [4.69, 9.17) is 14.2 Å². The van der Waals surface area contributed by atoms with Crippen LogP contribution in [0.4, 0.5) is 0 Å². The molecule has 216 valence electrons. The average molecular weight is 552 g/mol. The van der Waals surface area contributed by atoms with Crippen LogP contribution in [0.5, 0.6) is 23.0 Å². The molecule has 0 fully saturated rings. The van der Waals surface area contributed by atoms with Gasteiger partial charge in [0.25, 0.3) is 5.91 Å². The van der Waals surface area contributed by atoms with Gasteiger partial charge in [-0.15, -0.1) is 0 Å². The molecule has 1 amide bonds. The van der Waals surface area contributed by atoms with Crippen molar-refractivity contribution < 1.29 is 33.4 Å². The number of allylic oxidation sites excluding steroid dienone is 1. The minimum Gasteiger partial charge on any atom is -0.506 e. The molecule has 0 spiro atoms. The van der Waals surface area contributed by atoms with Crippen LogP contribution >= 0.6 is 0 Å². The molecule has 1 aliphatic heterocycles. The number of nitrogens with one attached hydrogen (secondary N) is 1. The van der Waals surface area contributed by atoms with Crippen LogP contribution < -0.4 is 19.5 Å². The third-order valence-electron chi connectivity index (χ3n) is 6.66. The van der Waals surface area contributed by atoms with Gasteiger partial charge < -0.3 is 29.1 Å². The molecule has 0 aromatic heterocycles. The lowest BCUT2D eigenvalue weighted by Gasteiger charge is -2.29. The fourth-order valence-corrected chi connectivity index (χ4v) is 4.42. The number of carbonyl (C=O) groups excluding carboxylic acids is 2. The number of amides is 1. The Kier molecular flexibility index (Phi) is 10.4. The molecule has 1 heterocycles. The Labute approximate surface area is 237 Å². The Bertz CT molecular complexity index is 1250. The van der Waals surface area contributed by atoms with Crippen LogP contribution in [0, 0.1) is 0 Å². The summed E-state index contributed by atoms with van der Waals surface area (Å²) in [5.74, 6) is 0.980. The average Bonchev–Trinajstić information content (AvgIpc) is 2.89. The standard InChI is InChI=1S/C32H42N2O6/c1-7-8-18-33-29(36)22-34(4,5)19-9-20-39-24-13-10-23(11-14-24)12-15-26(35)30-28(38-6)21-27-25(31(30)37)16-17-32(2,3)40-27/h10-17,21H,7-9,18-20,22H2,1-6H3,(H-,33,35,36,37)/p+1/b15-12+. The third kappa shape index (κ3) is 8.61. The monoisotopic (exact) mass is 551 g/mol. The molecule has 0 bridgehead atoms. The summed E-state index contributed by atoms with van der Waals surface area (Å²) in [6.45, 7) is 8.46. The number of unbranched alkanes of at least 4 members (excludes halogenated alkanes) is 1. The van der Waals surface area contributed by atoms with Crippen molar-refractivity contribution in [2.24, 2.45) is 0 Å². The lowest BCUT2D eigenvalue weighted by molar-refractivity contribution is -0.882. The van der Waals surface area contributed by atoms with Crippen molar-refractivity contribution in [3.05, 3.63) is 59.2 Å². The Morgan fingerprint density at radius 1 is 1.15 bits per heavy atom. The lowest BCUT2D eigenvalue weighted by atomic mass is 9.97. The predicted molar refractivity (Wildman–Crippen MR) is 158 cm³/mol. The van der Waals surface area contributed by atoms with E-state index in [0.717, 1.165) is 43.7 Å². The molecule has 1 aliphatic rings. The summed E-state index contributed by atoms with van der Waals surface area (Å²) in [5.41, 5.74) is 0.836. The largest absolute Gasteiger partial charge is 0.506 e. The van der Waals surface area contributed by atoms with Gasteiger partial charge in [0.05, 0.1) is 39.9 Å². The van der Waals surface area contributed by atoms with E-state index in [0.29, 0.717) is 28.9 Å². The first-order valence-corrected chi connectivity index (χ1v) is 13.8. The van der Waals surface area contributed by atoms with Crippen molar-refractivity contribution in [3.63, 3.8) is 0 Å². The van der Waals surface area contributed by atoms with Gasteiger partial charge in [-0.25, -0.2) is 0 Å². The third-order valence-corrected chi connectivity index (χ3v) is 6.66. The first-order valence-electron chi connectivity index (χ1n) is 13.8. The van der Waals surface area contributed by atoms with Gasteiger partial charge >= 0.3 is 0 Å². The minimum atomic E-state index is -0.521. The molecule has 0 saturated carbocycles. The first kappa shape index (κ1) is 30.8. The van der Waals surface area contributed by atoms with Gasteiger partial charge in [0.2, 0.25) is 0 Å². The fourth-order valence-electron chi connectivity index (χ4n) is 4.42. The highest BCUT2D eigenvalue weighted by Gasteiger charge is 2.28. The number of aromatic hydroxyl groups is 1. The number of likely N-dealkylation sites (N-methyl/N-ethyl adjacent to an activating group) is 1. The number of hydrogen-bond donors (Lipinski definition) is 2. The van der Waals surface area contributed by atoms with Gasteiger partial charge in [-0.2, -0.15) is 0 Å². The van der Waals surface area contributed by atoms with Crippen LogP contribution in [-0.4, -0.2) is 74.3 Å². The summed E-state index contributed by atoms with van der Waals surface area (Å²) >= 11 is 0. The summed E-state index contributed by atoms with van der Waals surface area (Å²) < 4.78 is 17.8. The second kappa shape index (κ2) is 13.5. The van der Waals surface area contributed by atoms with Gasteiger partial charge in [-0.3, -0.25) is 9.59 Å². The molecule has 0 unspecified atom stereocenters. The summed E-state index contributed by atoms with van der Waals surface area (Å²) in [7, 11) is 5.55. The maximum absolute atomic E-state index is 13.0. The Morgan fingerprint density at radius 3 is 2.55 bits per heavy atom. The van der Waals surface area contributed by atoms with E-state index < -0.39 is 5.60 Å². The van der Waals surface area contributed by atoms with Crippen molar-refractivity contribution in [2.75, 3.05) is 47.4 Å². The molecule has 0 aliphatic carbocycles. The van der Waals surface area contributed by atoms with Crippen LogP contribution in [0.1, 0.15) is 61.5 Å². The van der Waals surface area contributed by atoms with E-state index in [1.807, 2.05) is 58.3 Å². The van der Waals surface area contributed by atoms with E-state index >= 15 is 0 Å². The van der Waals surface area contributed by atoms with Crippen LogP contribution in [-0.2, 0) is 4.79 Å². The van der Waals surface area contributed by atoms with Crippen molar-refractivity contribution in [1.82, 2.24) is 5.32 Å². The number of phenolic OH excluding ortho intramolecular Hbond substituents is 1. The SMILES string of the molecule is CCCCNC(=O)C[N+](C)(C)CCCOc1ccc(/C=C/C(=O)c2c(OC)cc3c(c2O)C=CC(C)(C)O3)cc1. The first-order chi connectivity index (χ1) is 18.9. The van der Waals surface area contributed by atoms with Crippen molar-refractivity contribution >= 4 is 23.8 Å². The Morgan fingerprint density at radius 2 is 1.88 bits per heavy atom. The summed E-state index contributed by atoms with van der Waals surface area (Å²) in [6.07, 6.45) is 9.57. The maximum Gasteiger partial charge on any atom is 0.275 e. The normalized spacial score (nSPS) is 13.9. The highest BCUT2D eigenvalue weighted by Crippen LogP contribution is 2.43. The smallest absolute Gasteiger partial charge is 0.275 e. The molecular formula is C32H43N2O6+. The van der Waals surface area contributed by atoms with Gasteiger partial charge in [0, 0.05) is 19.0 Å². The zero-order chi connectivity index (χ0) is 29.3. The van der Waals surface area contributed by atoms with E-state index in [1.165, 1.54) is 13.2 Å². The van der Waals surface area contributed by atoms with Crippen LogP contribution in [0.25, 0.3) is 12.2 Å². The van der Waals surface area contributed by atoms with Crippen molar-refractivity contribution in [3.8, 4) is 23.0 Å².